The van der Waals surface area contributed by atoms with Gasteiger partial charge < -0.3 is 10.9 Å². The quantitative estimate of drug-likeness (QED) is 0.498. The van der Waals surface area contributed by atoms with Crippen LogP contribution in [0.1, 0.15) is 20.8 Å². The van der Waals surface area contributed by atoms with Crippen molar-refractivity contribution in [1.29, 1.82) is 0 Å². The minimum Gasteiger partial charge on any atom is -0.466 e. The largest absolute Gasteiger partial charge is 0.466 e. The Morgan fingerprint density at radius 1 is 1.18 bits per heavy atom. The fraction of sp³-hybridized carbons (Fsp3) is 0.571. The molecule has 0 aromatic rings. The van der Waals surface area contributed by atoms with Crippen LogP contribution in [0, 0.1) is 0 Å². The highest BCUT2D eigenvalue weighted by Crippen LogP contribution is 2.02. The second-order valence-electron chi connectivity index (χ2n) is 2.12. The van der Waals surface area contributed by atoms with E-state index >= 15 is 0 Å². The van der Waals surface area contributed by atoms with E-state index < -0.39 is 0 Å². The summed E-state index contributed by atoms with van der Waals surface area (Å²) in [5.74, 6) is -0.241. The van der Waals surface area contributed by atoms with Gasteiger partial charge in [-0.2, -0.15) is 0 Å². The maximum atomic E-state index is 10.7. The molecule has 11 heavy (non-hydrogen) atoms. The maximum absolute atomic E-state index is 10.7. The van der Waals surface area contributed by atoms with Crippen LogP contribution in [-0.4, -0.2) is 13.1 Å². The smallest absolute Gasteiger partial charge is 0.333 e. The second-order valence-corrected chi connectivity index (χ2v) is 2.12. The monoisotopic (exact) mass is 181 g/mol. The van der Waals surface area contributed by atoms with E-state index in [4.69, 9.17) is 0 Å². The SMILES string of the molecule is COC(=O)C(C)=C(C)C.Cl.N. The van der Waals surface area contributed by atoms with Crippen molar-refractivity contribution in [3.05, 3.63) is 11.1 Å². The van der Waals surface area contributed by atoms with Crippen molar-refractivity contribution in [2.45, 2.75) is 20.8 Å². The topological polar surface area (TPSA) is 61.3 Å². The number of hydrogen-bond donors (Lipinski definition) is 1. The van der Waals surface area contributed by atoms with Gasteiger partial charge in [0.2, 0.25) is 0 Å². The van der Waals surface area contributed by atoms with Crippen molar-refractivity contribution < 1.29 is 9.53 Å². The lowest BCUT2D eigenvalue weighted by Crippen LogP contribution is -2.02. The van der Waals surface area contributed by atoms with Gasteiger partial charge in [0.05, 0.1) is 7.11 Å². The minimum absolute atomic E-state index is 0. The lowest BCUT2D eigenvalue weighted by Gasteiger charge is -1.98. The first-order chi connectivity index (χ1) is 4.09. The maximum Gasteiger partial charge on any atom is 0.333 e. The standard InChI is InChI=1S/C7H12O2.ClH.H3N/c1-5(2)6(3)7(8)9-4;;/h1-4H3;1H;1H3. The van der Waals surface area contributed by atoms with Gasteiger partial charge in [0.25, 0.3) is 0 Å². The molecule has 0 spiro atoms. The first-order valence-electron chi connectivity index (χ1n) is 2.82. The molecule has 0 aliphatic carbocycles. The molecule has 3 nitrogen and oxygen atoms in total. The summed E-state index contributed by atoms with van der Waals surface area (Å²) in [5, 5.41) is 0. The van der Waals surface area contributed by atoms with Gasteiger partial charge in [-0.1, -0.05) is 5.57 Å². The number of carbonyl (C=O) groups excluding carboxylic acids is 1. The first-order valence-corrected chi connectivity index (χ1v) is 2.82. The summed E-state index contributed by atoms with van der Waals surface area (Å²) < 4.78 is 4.48. The highest BCUT2D eigenvalue weighted by Gasteiger charge is 2.02. The van der Waals surface area contributed by atoms with Gasteiger partial charge in [-0.3, -0.25) is 0 Å². The number of ether oxygens (including phenoxy) is 1. The summed E-state index contributed by atoms with van der Waals surface area (Å²) >= 11 is 0. The zero-order valence-corrected chi connectivity index (χ0v) is 8.25. The average molecular weight is 182 g/mol. The Labute approximate surface area is 73.8 Å². The number of carbonyl (C=O) groups is 1. The summed E-state index contributed by atoms with van der Waals surface area (Å²) in [6.45, 7) is 5.51. The third-order valence-corrected chi connectivity index (χ3v) is 1.24. The molecule has 68 valence electrons. The van der Waals surface area contributed by atoms with Crippen molar-refractivity contribution in [3.63, 3.8) is 0 Å². The molecule has 0 aromatic carbocycles. The van der Waals surface area contributed by atoms with Crippen molar-refractivity contribution in [1.82, 2.24) is 6.15 Å². The van der Waals surface area contributed by atoms with Crippen LogP contribution in [0.15, 0.2) is 11.1 Å². The van der Waals surface area contributed by atoms with Crippen molar-refractivity contribution in [3.8, 4) is 0 Å². The summed E-state index contributed by atoms with van der Waals surface area (Å²) in [4.78, 5) is 10.7. The van der Waals surface area contributed by atoms with Gasteiger partial charge >= 0.3 is 5.97 Å². The zero-order valence-electron chi connectivity index (χ0n) is 7.43. The van der Waals surface area contributed by atoms with Crippen LogP contribution < -0.4 is 6.15 Å². The fourth-order valence-corrected chi connectivity index (χ4v) is 0.357. The summed E-state index contributed by atoms with van der Waals surface area (Å²) in [7, 11) is 1.38. The molecule has 0 amide bonds. The Morgan fingerprint density at radius 3 is 1.64 bits per heavy atom. The molecule has 0 aliphatic rings. The molecule has 0 unspecified atom stereocenters. The molecule has 0 aliphatic heterocycles. The van der Waals surface area contributed by atoms with Gasteiger partial charge in [0.1, 0.15) is 0 Å². The summed E-state index contributed by atoms with van der Waals surface area (Å²) in [6.07, 6.45) is 0. The molecule has 0 saturated carbocycles. The van der Waals surface area contributed by atoms with Crippen LogP contribution in [0.2, 0.25) is 0 Å². The van der Waals surface area contributed by atoms with E-state index in [1.54, 1.807) is 6.92 Å². The van der Waals surface area contributed by atoms with Crippen LogP contribution >= 0.6 is 12.4 Å². The fourth-order valence-electron chi connectivity index (χ4n) is 0.357. The minimum atomic E-state index is -0.241. The first kappa shape index (κ1) is 16.8. The van der Waals surface area contributed by atoms with Crippen LogP contribution in [-0.2, 0) is 9.53 Å². The van der Waals surface area contributed by atoms with Gasteiger partial charge in [0, 0.05) is 5.57 Å². The molecular formula is C7H16ClNO2. The number of rotatable bonds is 1. The van der Waals surface area contributed by atoms with Gasteiger partial charge in [0.15, 0.2) is 0 Å². The highest BCUT2D eigenvalue weighted by molar-refractivity contribution is 5.88. The van der Waals surface area contributed by atoms with Crippen molar-refractivity contribution in [2.24, 2.45) is 0 Å². The number of methoxy groups -OCH3 is 1. The average Bonchev–Trinajstić information content (AvgIpc) is 1.84. The molecule has 0 rings (SSSR count). The summed E-state index contributed by atoms with van der Waals surface area (Å²) in [5.41, 5.74) is 1.69. The van der Waals surface area contributed by atoms with E-state index in [1.807, 2.05) is 13.8 Å². The second kappa shape index (κ2) is 7.57. The van der Waals surface area contributed by atoms with Crippen LogP contribution in [0.4, 0.5) is 0 Å². The summed E-state index contributed by atoms with van der Waals surface area (Å²) in [6, 6.07) is 0. The van der Waals surface area contributed by atoms with E-state index in [1.165, 1.54) is 7.11 Å². The lowest BCUT2D eigenvalue weighted by molar-refractivity contribution is -0.136. The van der Waals surface area contributed by atoms with Gasteiger partial charge in [-0.25, -0.2) is 4.79 Å². The van der Waals surface area contributed by atoms with Crippen molar-refractivity contribution >= 4 is 18.4 Å². The molecule has 3 N–H and O–H groups in total. The highest BCUT2D eigenvalue weighted by atomic mass is 35.5. The Hall–Kier alpha value is -0.540. The lowest BCUT2D eigenvalue weighted by atomic mass is 10.2. The molecule has 0 radical (unpaired) electrons. The number of allylic oxidation sites excluding steroid dienone is 1. The predicted molar refractivity (Wildman–Crippen MR) is 48.3 cm³/mol. The van der Waals surface area contributed by atoms with Crippen LogP contribution in [0.3, 0.4) is 0 Å². The Bertz CT molecular complexity index is 151. The number of halogens is 1. The number of hydrogen-bond acceptors (Lipinski definition) is 3. The number of esters is 1. The predicted octanol–water partition coefficient (Wildman–Crippen LogP) is 2.10. The van der Waals surface area contributed by atoms with E-state index in [2.05, 4.69) is 4.74 Å². The Morgan fingerprint density at radius 2 is 1.55 bits per heavy atom. The van der Waals surface area contributed by atoms with E-state index in [9.17, 15) is 4.79 Å². The van der Waals surface area contributed by atoms with Crippen LogP contribution in [0.25, 0.3) is 0 Å². The van der Waals surface area contributed by atoms with Crippen molar-refractivity contribution in [2.75, 3.05) is 7.11 Å². The molecule has 0 fully saturated rings. The van der Waals surface area contributed by atoms with Crippen LogP contribution in [0.5, 0.6) is 0 Å². The molecule has 0 bridgehead atoms. The third kappa shape index (κ3) is 5.88. The molecule has 0 heterocycles. The molecule has 4 heteroatoms. The molecular weight excluding hydrogens is 166 g/mol. The molecule has 0 aromatic heterocycles. The molecule has 0 atom stereocenters. The molecule has 0 saturated heterocycles. The van der Waals surface area contributed by atoms with E-state index in [0.717, 1.165) is 5.57 Å². The zero-order chi connectivity index (χ0) is 7.44. The van der Waals surface area contributed by atoms with E-state index in [0.29, 0.717) is 5.57 Å². The van der Waals surface area contributed by atoms with Gasteiger partial charge in [-0.05, 0) is 20.8 Å². The Balaban J connectivity index is -0.000000320. The van der Waals surface area contributed by atoms with Gasteiger partial charge in [-0.15, -0.1) is 12.4 Å². The third-order valence-electron chi connectivity index (χ3n) is 1.24. The van der Waals surface area contributed by atoms with E-state index in [-0.39, 0.29) is 24.5 Å². The Kier molecular flexibility index (Phi) is 11.6. The normalized spacial score (nSPS) is 6.91.